The van der Waals surface area contributed by atoms with E-state index in [2.05, 4.69) is 4.74 Å². The van der Waals surface area contributed by atoms with E-state index in [4.69, 9.17) is 14.9 Å². The third kappa shape index (κ3) is 6.32. The van der Waals surface area contributed by atoms with Gasteiger partial charge >= 0.3 is 11.9 Å². The molecule has 0 aromatic rings. The molecular formula is C10H19NO6. The zero-order valence-electron chi connectivity index (χ0n) is 10.5. The minimum Gasteiger partial charge on any atom is -0.400 e. The van der Waals surface area contributed by atoms with Gasteiger partial charge in [0.25, 0.3) is 0 Å². The van der Waals surface area contributed by atoms with Crippen molar-refractivity contribution in [1.29, 1.82) is 0 Å². The summed E-state index contributed by atoms with van der Waals surface area (Å²) >= 11 is 0. The number of hydrogen-bond donors (Lipinski definition) is 2. The number of nitrogens with zero attached hydrogens (tertiary/aromatic N) is 1. The summed E-state index contributed by atoms with van der Waals surface area (Å²) in [7, 11) is 3.68. The zero-order chi connectivity index (χ0) is 13.6. The molecule has 0 aliphatic carbocycles. The Hall–Kier alpha value is -1.02. The second-order valence-corrected chi connectivity index (χ2v) is 3.90. The van der Waals surface area contributed by atoms with Gasteiger partial charge in [-0.05, 0) is 21.0 Å². The van der Waals surface area contributed by atoms with Crippen LogP contribution in [0, 0.1) is 0 Å². The van der Waals surface area contributed by atoms with Crippen LogP contribution in [0.3, 0.4) is 0 Å². The van der Waals surface area contributed by atoms with E-state index in [1.165, 1.54) is 6.92 Å². The number of likely N-dealkylation sites (N-methyl/N-ethyl adjacent to an activating group) is 1. The van der Waals surface area contributed by atoms with Gasteiger partial charge in [0.05, 0.1) is 6.61 Å². The Bertz CT molecular complexity index is 276. The van der Waals surface area contributed by atoms with Crippen molar-refractivity contribution in [2.45, 2.75) is 25.9 Å². The van der Waals surface area contributed by atoms with Gasteiger partial charge in [-0.25, -0.2) is 4.79 Å². The molecule has 0 aliphatic rings. The Morgan fingerprint density at radius 2 is 1.88 bits per heavy atom. The van der Waals surface area contributed by atoms with E-state index in [9.17, 15) is 9.59 Å². The third-order valence-electron chi connectivity index (χ3n) is 1.94. The minimum absolute atomic E-state index is 0.285. The maximum atomic E-state index is 11.3. The summed E-state index contributed by atoms with van der Waals surface area (Å²) in [5.41, 5.74) is 0. The highest BCUT2D eigenvalue weighted by molar-refractivity contribution is 5.85. The fourth-order valence-electron chi connectivity index (χ4n) is 0.775. The van der Waals surface area contributed by atoms with Crippen LogP contribution in [-0.2, 0) is 19.1 Å². The van der Waals surface area contributed by atoms with Crippen molar-refractivity contribution in [3.63, 3.8) is 0 Å². The smallest absolute Gasteiger partial charge is 0.388 e. The van der Waals surface area contributed by atoms with Crippen LogP contribution >= 0.6 is 0 Å². The molecule has 0 aromatic carbocycles. The fourth-order valence-corrected chi connectivity index (χ4v) is 0.775. The van der Waals surface area contributed by atoms with Crippen LogP contribution in [0.1, 0.15) is 13.8 Å². The summed E-state index contributed by atoms with van der Waals surface area (Å²) in [6.07, 6.45) is -0.979. The molecule has 2 N–H and O–H groups in total. The molecule has 0 fully saturated rings. The lowest BCUT2D eigenvalue weighted by Gasteiger charge is -2.21. The SMILES string of the molecule is CC(=O)C(O)(O)OC(=O)C(C)OCCN(C)C. The van der Waals surface area contributed by atoms with Gasteiger partial charge in [-0.3, -0.25) is 4.79 Å². The molecule has 17 heavy (non-hydrogen) atoms. The molecule has 0 aromatic heterocycles. The number of ether oxygens (including phenoxy) is 2. The molecule has 0 aliphatic heterocycles. The van der Waals surface area contributed by atoms with Gasteiger partial charge in [0.15, 0.2) is 6.10 Å². The van der Waals surface area contributed by atoms with Crippen LogP contribution in [0.2, 0.25) is 0 Å². The highest BCUT2D eigenvalue weighted by Crippen LogP contribution is 2.07. The molecule has 0 rings (SSSR count). The van der Waals surface area contributed by atoms with Crippen molar-refractivity contribution in [2.24, 2.45) is 0 Å². The van der Waals surface area contributed by atoms with Crippen molar-refractivity contribution in [3.8, 4) is 0 Å². The molecule has 0 saturated carbocycles. The van der Waals surface area contributed by atoms with Crippen LogP contribution in [0.4, 0.5) is 0 Å². The van der Waals surface area contributed by atoms with Crippen molar-refractivity contribution in [2.75, 3.05) is 27.2 Å². The second kappa shape index (κ2) is 6.65. The predicted molar refractivity (Wildman–Crippen MR) is 57.9 cm³/mol. The fraction of sp³-hybridized carbons (Fsp3) is 0.800. The summed E-state index contributed by atoms with van der Waals surface area (Å²) in [4.78, 5) is 23.9. The lowest BCUT2D eigenvalue weighted by Crippen LogP contribution is -2.44. The van der Waals surface area contributed by atoms with Crippen LogP contribution in [0.15, 0.2) is 0 Å². The first kappa shape index (κ1) is 16.0. The van der Waals surface area contributed by atoms with Gasteiger partial charge in [-0.15, -0.1) is 0 Å². The maximum Gasteiger partial charge on any atom is 0.388 e. The summed E-state index contributed by atoms with van der Waals surface area (Å²) in [6, 6.07) is 0. The second-order valence-electron chi connectivity index (χ2n) is 3.90. The normalized spacial score (nSPS) is 13.6. The Labute approximate surface area is 99.9 Å². The van der Waals surface area contributed by atoms with E-state index in [1.54, 1.807) is 0 Å². The summed E-state index contributed by atoms with van der Waals surface area (Å²) in [5, 5.41) is 18.0. The quantitative estimate of drug-likeness (QED) is 0.428. The van der Waals surface area contributed by atoms with Crippen LogP contribution in [0.5, 0.6) is 0 Å². The number of ketones is 1. The van der Waals surface area contributed by atoms with E-state index in [-0.39, 0.29) is 6.61 Å². The predicted octanol–water partition coefficient (Wildman–Crippen LogP) is -1.28. The topological polar surface area (TPSA) is 96.3 Å². The molecule has 0 spiro atoms. The molecule has 0 radical (unpaired) electrons. The van der Waals surface area contributed by atoms with Crippen molar-refractivity contribution in [1.82, 2.24) is 4.90 Å². The van der Waals surface area contributed by atoms with E-state index < -0.39 is 23.8 Å². The van der Waals surface area contributed by atoms with Gasteiger partial charge in [-0.2, -0.15) is 0 Å². The molecule has 100 valence electrons. The summed E-state index contributed by atoms with van der Waals surface area (Å²) in [6.45, 7) is 3.18. The molecule has 7 nitrogen and oxygen atoms in total. The molecule has 0 heterocycles. The molecule has 1 atom stereocenters. The number of aliphatic hydroxyl groups is 2. The van der Waals surface area contributed by atoms with Gasteiger partial charge in [0.2, 0.25) is 5.78 Å². The largest absolute Gasteiger partial charge is 0.400 e. The first-order valence-corrected chi connectivity index (χ1v) is 5.11. The average Bonchev–Trinajstić information content (AvgIpc) is 2.15. The van der Waals surface area contributed by atoms with Gasteiger partial charge in [0.1, 0.15) is 0 Å². The van der Waals surface area contributed by atoms with Gasteiger partial charge < -0.3 is 24.6 Å². The first-order valence-electron chi connectivity index (χ1n) is 5.11. The van der Waals surface area contributed by atoms with Crippen molar-refractivity contribution in [3.05, 3.63) is 0 Å². The lowest BCUT2D eigenvalue weighted by molar-refractivity contribution is -0.299. The number of carbonyl (C=O) groups excluding carboxylic acids is 2. The molecule has 0 bridgehead atoms. The summed E-state index contributed by atoms with van der Waals surface area (Å²) < 4.78 is 9.29. The highest BCUT2D eigenvalue weighted by atomic mass is 16.8. The van der Waals surface area contributed by atoms with Crippen molar-refractivity contribution < 1.29 is 29.3 Å². The van der Waals surface area contributed by atoms with Gasteiger partial charge in [-0.1, -0.05) is 0 Å². The molecular weight excluding hydrogens is 230 g/mol. The lowest BCUT2D eigenvalue weighted by atomic mass is 10.3. The average molecular weight is 249 g/mol. The highest BCUT2D eigenvalue weighted by Gasteiger charge is 2.36. The standard InChI is InChI=1S/C10H19NO6/c1-7(16-6-5-11(3)4)9(13)17-10(14,15)8(2)12/h7,14-15H,5-6H2,1-4H3. The Balaban J connectivity index is 4.10. The Morgan fingerprint density at radius 3 is 2.29 bits per heavy atom. The number of Topliss-reactive ketones (excluding diaryl/α,β-unsaturated/α-hetero) is 1. The summed E-state index contributed by atoms with van der Waals surface area (Å²) in [5.74, 6) is -5.17. The minimum atomic E-state index is -3.09. The van der Waals surface area contributed by atoms with Crippen LogP contribution < -0.4 is 0 Å². The van der Waals surface area contributed by atoms with Gasteiger partial charge in [0, 0.05) is 13.5 Å². The molecule has 1 unspecified atom stereocenters. The number of hydrogen-bond acceptors (Lipinski definition) is 7. The van der Waals surface area contributed by atoms with E-state index in [0.717, 1.165) is 6.92 Å². The Kier molecular flexibility index (Phi) is 6.25. The van der Waals surface area contributed by atoms with Crippen LogP contribution in [0.25, 0.3) is 0 Å². The molecule has 7 heteroatoms. The third-order valence-corrected chi connectivity index (χ3v) is 1.94. The van der Waals surface area contributed by atoms with E-state index in [1.807, 2.05) is 19.0 Å². The first-order chi connectivity index (χ1) is 7.66. The monoisotopic (exact) mass is 249 g/mol. The van der Waals surface area contributed by atoms with Crippen LogP contribution in [-0.4, -0.2) is 66.2 Å². The number of carbonyl (C=O) groups is 2. The number of rotatable bonds is 7. The molecule has 0 amide bonds. The van der Waals surface area contributed by atoms with E-state index in [0.29, 0.717) is 6.54 Å². The number of esters is 1. The zero-order valence-corrected chi connectivity index (χ0v) is 10.5. The van der Waals surface area contributed by atoms with Crippen molar-refractivity contribution >= 4 is 11.8 Å². The Morgan fingerprint density at radius 1 is 1.35 bits per heavy atom. The maximum absolute atomic E-state index is 11.3. The van der Waals surface area contributed by atoms with E-state index >= 15 is 0 Å². The molecule has 0 saturated heterocycles.